The number of nitrogens with one attached hydrogen (secondary N) is 2. The smallest absolute Gasteiger partial charge is 0.242 e. The van der Waals surface area contributed by atoms with Gasteiger partial charge in [0.1, 0.15) is 4.90 Å². The summed E-state index contributed by atoms with van der Waals surface area (Å²) in [4.78, 5) is 11.3. The third-order valence-electron chi connectivity index (χ3n) is 2.37. The first-order valence-electron chi connectivity index (χ1n) is 5.89. The van der Waals surface area contributed by atoms with Crippen molar-refractivity contribution in [3.63, 3.8) is 0 Å². The van der Waals surface area contributed by atoms with Crippen molar-refractivity contribution in [1.29, 1.82) is 0 Å². The van der Waals surface area contributed by atoms with Gasteiger partial charge in [-0.2, -0.15) is 0 Å². The van der Waals surface area contributed by atoms with Gasteiger partial charge in [0, 0.05) is 6.54 Å². The minimum Gasteiger partial charge on any atom is -0.355 e. The lowest BCUT2D eigenvalue weighted by Crippen LogP contribution is -2.37. The first kappa shape index (κ1) is 15.9. The van der Waals surface area contributed by atoms with Crippen molar-refractivity contribution >= 4 is 27.5 Å². The maximum absolute atomic E-state index is 12.0. The zero-order valence-corrected chi connectivity index (χ0v) is 12.4. The number of hydrogen-bond acceptors (Lipinski definition) is 3. The zero-order chi connectivity index (χ0) is 14.5. The van der Waals surface area contributed by atoms with Crippen molar-refractivity contribution in [3.05, 3.63) is 28.8 Å². The van der Waals surface area contributed by atoms with Crippen LogP contribution in [0.15, 0.2) is 23.1 Å². The molecule has 1 amide bonds. The van der Waals surface area contributed by atoms with E-state index in [1.807, 2.05) is 13.8 Å². The van der Waals surface area contributed by atoms with E-state index < -0.39 is 10.0 Å². The zero-order valence-electron chi connectivity index (χ0n) is 10.9. The van der Waals surface area contributed by atoms with E-state index in [4.69, 9.17) is 11.6 Å². The summed E-state index contributed by atoms with van der Waals surface area (Å²) in [6, 6.07) is 4.63. The molecule has 0 aliphatic carbocycles. The number of aryl methyl sites for hydroxylation is 1. The van der Waals surface area contributed by atoms with Crippen molar-refractivity contribution in [2.75, 3.05) is 13.1 Å². The van der Waals surface area contributed by atoms with Gasteiger partial charge in [-0.15, -0.1) is 0 Å². The molecule has 0 spiro atoms. The Kier molecular flexibility index (Phi) is 5.78. The van der Waals surface area contributed by atoms with Crippen LogP contribution in [0, 0.1) is 6.92 Å². The highest BCUT2D eigenvalue weighted by Gasteiger charge is 2.18. The van der Waals surface area contributed by atoms with E-state index in [0.717, 1.165) is 12.0 Å². The van der Waals surface area contributed by atoms with E-state index in [1.165, 1.54) is 6.07 Å². The molecule has 19 heavy (non-hydrogen) atoms. The van der Waals surface area contributed by atoms with Crippen molar-refractivity contribution in [2.45, 2.75) is 25.2 Å². The molecule has 1 aromatic rings. The van der Waals surface area contributed by atoms with Crippen molar-refractivity contribution in [2.24, 2.45) is 0 Å². The lowest BCUT2D eigenvalue weighted by molar-refractivity contribution is -0.119. The summed E-state index contributed by atoms with van der Waals surface area (Å²) < 4.78 is 26.2. The molecule has 0 aliphatic heterocycles. The van der Waals surface area contributed by atoms with E-state index in [0.29, 0.717) is 6.54 Å². The van der Waals surface area contributed by atoms with E-state index in [-0.39, 0.29) is 22.4 Å². The van der Waals surface area contributed by atoms with Gasteiger partial charge in [0.05, 0.1) is 11.6 Å². The topological polar surface area (TPSA) is 75.3 Å². The maximum atomic E-state index is 12.0. The Morgan fingerprint density at radius 3 is 2.63 bits per heavy atom. The fourth-order valence-corrected chi connectivity index (χ4v) is 2.97. The molecule has 0 atom stereocenters. The molecule has 0 fully saturated rings. The number of hydrogen-bond donors (Lipinski definition) is 2. The molecule has 1 rings (SSSR count). The van der Waals surface area contributed by atoms with Crippen molar-refractivity contribution < 1.29 is 13.2 Å². The molecule has 1 aromatic carbocycles. The number of halogens is 1. The molecule has 0 aliphatic rings. The molecule has 0 radical (unpaired) electrons. The molecular formula is C12H17ClN2O3S. The van der Waals surface area contributed by atoms with Crippen molar-refractivity contribution in [1.82, 2.24) is 10.0 Å². The number of benzene rings is 1. The largest absolute Gasteiger partial charge is 0.355 e. The summed E-state index contributed by atoms with van der Waals surface area (Å²) in [5.74, 6) is -0.367. The van der Waals surface area contributed by atoms with Crippen LogP contribution in [0.1, 0.15) is 18.9 Å². The van der Waals surface area contributed by atoms with Crippen LogP contribution in [-0.2, 0) is 14.8 Å². The van der Waals surface area contributed by atoms with Crippen LogP contribution in [0.4, 0.5) is 0 Å². The van der Waals surface area contributed by atoms with Gasteiger partial charge >= 0.3 is 0 Å². The van der Waals surface area contributed by atoms with E-state index in [1.54, 1.807) is 12.1 Å². The van der Waals surface area contributed by atoms with Crippen LogP contribution in [0.2, 0.25) is 5.02 Å². The number of sulfonamides is 1. The highest BCUT2D eigenvalue weighted by Crippen LogP contribution is 2.21. The fraction of sp³-hybridized carbons (Fsp3) is 0.417. The minimum absolute atomic E-state index is 0.0249. The normalized spacial score (nSPS) is 11.3. The summed E-state index contributed by atoms with van der Waals surface area (Å²) >= 11 is 5.89. The van der Waals surface area contributed by atoms with Gasteiger partial charge in [0.15, 0.2) is 0 Å². The molecule has 0 bridgehead atoms. The number of rotatable bonds is 6. The summed E-state index contributed by atoms with van der Waals surface area (Å²) in [6.07, 6.45) is 0.794. The fourth-order valence-electron chi connectivity index (χ4n) is 1.39. The third-order valence-corrected chi connectivity index (χ3v) is 4.26. The van der Waals surface area contributed by atoms with E-state index >= 15 is 0 Å². The van der Waals surface area contributed by atoms with Gasteiger partial charge in [-0.1, -0.05) is 24.6 Å². The van der Waals surface area contributed by atoms with E-state index in [2.05, 4.69) is 10.0 Å². The Morgan fingerprint density at radius 1 is 1.37 bits per heavy atom. The summed E-state index contributed by atoms with van der Waals surface area (Å²) in [5.41, 5.74) is 0.865. The lowest BCUT2D eigenvalue weighted by Gasteiger charge is -2.09. The van der Waals surface area contributed by atoms with Crippen LogP contribution in [0.3, 0.4) is 0 Å². The monoisotopic (exact) mass is 304 g/mol. The van der Waals surface area contributed by atoms with Crippen LogP contribution in [-0.4, -0.2) is 27.4 Å². The van der Waals surface area contributed by atoms with Gasteiger partial charge in [-0.05, 0) is 31.0 Å². The Labute approximate surface area is 118 Å². The average Bonchev–Trinajstić information content (AvgIpc) is 2.33. The van der Waals surface area contributed by atoms with Gasteiger partial charge in [0.2, 0.25) is 15.9 Å². The minimum atomic E-state index is -3.77. The molecule has 0 aromatic heterocycles. The van der Waals surface area contributed by atoms with Crippen LogP contribution >= 0.6 is 11.6 Å². The van der Waals surface area contributed by atoms with E-state index in [9.17, 15) is 13.2 Å². The first-order chi connectivity index (χ1) is 8.86. The SMILES string of the molecule is CCCNC(=O)CNS(=O)(=O)c1ccc(C)cc1Cl. The van der Waals surface area contributed by atoms with Crippen LogP contribution in [0.25, 0.3) is 0 Å². The second kappa shape index (κ2) is 6.88. The molecule has 0 saturated carbocycles. The molecule has 5 nitrogen and oxygen atoms in total. The second-order valence-corrected chi connectivity index (χ2v) is 6.25. The number of carbonyl (C=O) groups is 1. The molecule has 2 N–H and O–H groups in total. The average molecular weight is 305 g/mol. The standard InChI is InChI=1S/C12H17ClN2O3S/c1-3-6-14-12(16)8-15-19(17,18)11-5-4-9(2)7-10(11)13/h4-5,7,15H,3,6,8H2,1-2H3,(H,14,16). The third kappa shape index (κ3) is 4.81. The predicted molar refractivity (Wildman–Crippen MR) is 74.7 cm³/mol. The van der Waals surface area contributed by atoms with Crippen LogP contribution < -0.4 is 10.0 Å². The maximum Gasteiger partial charge on any atom is 0.242 e. The molecular weight excluding hydrogens is 288 g/mol. The molecule has 0 unspecified atom stereocenters. The van der Waals surface area contributed by atoms with Gasteiger partial charge in [-0.25, -0.2) is 13.1 Å². The Hall–Kier alpha value is -1.11. The van der Waals surface area contributed by atoms with Crippen molar-refractivity contribution in [3.8, 4) is 0 Å². The number of amides is 1. The van der Waals surface area contributed by atoms with Crippen LogP contribution in [0.5, 0.6) is 0 Å². The lowest BCUT2D eigenvalue weighted by atomic mass is 10.2. The van der Waals surface area contributed by atoms with Gasteiger partial charge in [0.25, 0.3) is 0 Å². The highest BCUT2D eigenvalue weighted by atomic mass is 35.5. The quantitative estimate of drug-likeness (QED) is 0.835. The molecule has 7 heteroatoms. The Balaban J connectivity index is 2.73. The molecule has 0 saturated heterocycles. The first-order valence-corrected chi connectivity index (χ1v) is 7.75. The summed E-state index contributed by atoms with van der Waals surface area (Å²) in [6.45, 7) is 3.95. The summed E-state index contributed by atoms with van der Waals surface area (Å²) in [5, 5.41) is 2.72. The predicted octanol–water partition coefficient (Wildman–Crippen LogP) is 1.45. The Bertz CT molecular complexity index is 558. The van der Waals surface area contributed by atoms with Gasteiger partial charge in [-0.3, -0.25) is 4.79 Å². The molecule has 106 valence electrons. The second-order valence-electron chi connectivity index (χ2n) is 4.11. The highest BCUT2D eigenvalue weighted by molar-refractivity contribution is 7.89. The number of carbonyl (C=O) groups excluding carboxylic acids is 1. The Morgan fingerprint density at radius 2 is 2.05 bits per heavy atom. The molecule has 0 heterocycles. The van der Waals surface area contributed by atoms with Gasteiger partial charge < -0.3 is 5.32 Å². The summed E-state index contributed by atoms with van der Waals surface area (Å²) in [7, 11) is -3.77.